The first-order valence-corrected chi connectivity index (χ1v) is 11.1. The van der Waals surface area contributed by atoms with Crippen LogP contribution in [-0.2, 0) is 11.4 Å². The molecule has 2 N–H and O–H groups in total. The fraction of sp³-hybridized carbons (Fsp3) is 0.231. The van der Waals surface area contributed by atoms with Gasteiger partial charge in [0, 0.05) is 23.6 Å². The molecule has 0 saturated heterocycles. The second kappa shape index (κ2) is 10.2. The molecule has 3 aromatic rings. The molecule has 1 unspecified atom stereocenters. The van der Waals surface area contributed by atoms with Crippen molar-refractivity contribution < 1.29 is 41.7 Å². The van der Waals surface area contributed by atoms with E-state index in [1.54, 1.807) is 6.92 Å². The summed E-state index contributed by atoms with van der Waals surface area (Å²) in [6.07, 6.45) is -5.76. The van der Waals surface area contributed by atoms with Crippen molar-refractivity contribution in [3.8, 4) is 22.6 Å². The minimum atomic E-state index is -4.68. The number of aliphatic hydroxyl groups excluding tert-OH is 1. The summed E-state index contributed by atoms with van der Waals surface area (Å²) in [6.45, 7) is 1.30. The maximum atomic E-state index is 14.9. The summed E-state index contributed by atoms with van der Waals surface area (Å²) in [5.41, 5.74) is 0.0497. The Balaban J connectivity index is 1.57. The number of benzene rings is 3. The Bertz CT molecular complexity index is 1360. The lowest BCUT2D eigenvalue weighted by Gasteiger charge is -2.22. The molecule has 194 valence electrons. The summed E-state index contributed by atoms with van der Waals surface area (Å²) in [6, 6.07) is 11.1. The van der Waals surface area contributed by atoms with E-state index >= 15 is 0 Å². The van der Waals surface area contributed by atoms with Crippen LogP contribution in [0.5, 0.6) is 11.5 Å². The fourth-order valence-electron chi connectivity index (χ4n) is 4.01. The van der Waals surface area contributed by atoms with Gasteiger partial charge in [-0.2, -0.15) is 18.3 Å². The molecule has 0 radical (unpaired) electrons. The van der Waals surface area contributed by atoms with Gasteiger partial charge in [-0.1, -0.05) is 6.07 Å². The minimum absolute atomic E-state index is 0.00941. The van der Waals surface area contributed by atoms with Gasteiger partial charge >= 0.3 is 12.1 Å². The Morgan fingerprint density at radius 3 is 2.35 bits per heavy atom. The van der Waals surface area contributed by atoms with Crippen LogP contribution in [0.2, 0.25) is 0 Å². The van der Waals surface area contributed by atoms with Crippen molar-refractivity contribution in [2.45, 2.75) is 38.6 Å². The first-order valence-electron chi connectivity index (χ1n) is 11.1. The van der Waals surface area contributed by atoms with Crippen LogP contribution in [0.4, 0.5) is 27.6 Å². The number of nitrogens with zero attached hydrogens (tertiary/aromatic N) is 2. The third-order valence-corrected chi connectivity index (χ3v) is 5.84. The first kappa shape index (κ1) is 26.1. The van der Waals surface area contributed by atoms with Gasteiger partial charge < -0.3 is 14.9 Å². The van der Waals surface area contributed by atoms with E-state index in [0.717, 1.165) is 17.1 Å². The van der Waals surface area contributed by atoms with E-state index < -0.39 is 48.4 Å². The molecule has 0 amide bonds. The maximum Gasteiger partial charge on any atom is 0.431 e. The van der Waals surface area contributed by atoms with Crippen molar-refractivity contribution in [2.24, 2.45) is 5.10 Å². The molecular formula is C26H21F5N2O4. The molecule has 0 bridgehead atoms. The molecule has 1 aliphatic rings. The van der Waals surface area contributed by atoms with E-state index in [0.29, 0.717) is 11.1 Å². The highest BCUT2D eigenvalue weighted by Crippen LogP contribution is 2.36. The van der Waals surface area contributed by atoms with Crippen molar-refractivity contribution in [3.63, 3.8) is 0 Å². The van der Waals surface area contributed by atoms with Crippen LogP contribution in [0.15, 0.2) is 59.7 Å². The second-order valence-corrected chi connectivity index (χ2v) is 8.51. The number of anilines is 1. The number of alkyl halides is 3. The van der Waals surface area contributed by atoms with Gasteiger partial charge in [-0.15, -0.1) is 0 Å². The maximum absolute atomic E-state index is 14.9. The van der Waals surface area contributed by atoms with Crippen molar-refractivity contribution in [3.05, 3.63) is 77.4 Å². The van der Waals surface area contributed by atoms with Crippen LogP contribution >= 0.6 is 0 Å². The first-order chi connectivity index (χ1) is 17.5. The lowest BCUT2D eigenvalue weighted by atomic mass is 9.99. The van der Waals surface area contributed by atoms with Gasteiger partial charge in [-0.25, -0.2) is 8.78 Å². The number of hydrogen-bond acceptors (Lipinski definition) is 5. The summed E-state index contributed by atoms with van der Waals surface area (Å²) >= 11 is 0. The molecule has 4 rings (SSSR count). The number of hydrazone groups is 1. The van der Waals surface area contributed by atoms with Gasteiger partial charge in [-0.05, 0) is 60.5 Å². The second-order valence-electron chi connectivity index (χ2n) is 8.51. The van der Waals surface area contributed by atoms with E-state index in [1.807, 2.05) is 0 Å². The topological polar surface area (TPSA) is 82.4 Å². The Hall–Kier alpha value is -3.99. The van der Waals surface area contributed by atoms with E-state index in [2.05, 4.69) is 5.10 Å². The highest BCUT2D eigenvalue weighted by atomic mass is 19.4. The summed E-state index contributed by atoms with van der Waals surface area (Å²) in [4.78, 5) is 11.1. The lowest BCUT2D eigenvalue weighted by molar-refractivity contribution is -0.137. The van der Waals surface area contributed by atoms with E-state index in [1.165, 1.54) is 42.5 Å². The highest BCUT2D eigenvalue weighted by Gasteiger charge is 2.43. The molecule has 0 spiro atoms. The molecule has 0 aliphatic carbocycles. The zero-order chi connectivity index (χ0) is 26.9. The van der Waals surface area contributed by atoms with Crippen LogP contribution in [0.3, 0.4) is 0 Å². The van der Waals surface area contributed by atoms with Gasteiger partial charge in [0.2, 0.25) is 0 Å². The summed E-state index contributed by atoms with van der Waals surface area (Å²) < 4.78 is 74.4. The molecule has 0 saturated carbocycles. The normalized spacial score (nSPS) is 15.6. The molecular weight excluding hydrogens is 499 g/mol. The Kier molecular flexibility index (Phi) is 7.17. The third-order valence-electron chi connectivity index (χ3n) is 5.84. The van der Waals surface area contributed by atoms with Crippen LogP contribution in [0.1, 0.15) is 24.0 Å². The van der Waals surface area contributed by atoms with Gasteiger partial charge in [0.15, 0.2) is 0 Å². The van der Waals surface area contributed by atoms with Crippen LogP contribution in [-0.4, -0.2) is 34.1 Å². The average molecular weight is 520 g/mol. The van der Waals surface area contributed by atoms with Gasteiger partial charge in [0.05, 0.1) is 24.8 Å². The number of rotatable bonds is 7. The van der Waals surface area contributed by atoms with Crippen molar-refractivity contribution in [1.82, 2.24) is 0 Å². The van der Waals surface area contributed by atoms with Crippen LogP contribution in [0.25, 0.3) is 11.1 Å². The molecule has 11 heteroatoms. The molecule has 0 aromatic heterocycles. The summed E-state index contributed by atoms with van der Waals surface area (Å²) in [7, 11) is 0. The van der Waals surface area contributed by atoms with Crippen molar-refractivity contribution >= 4 is 17.4 Å². The zero-order valence-corrected chi connectivity index (χ0v) is 19.4. The average Bonchev–Trinajstić information content (AvgIpc) is 3.26. The largest absolute Gasteiger partial charge is 0.481 e. The monoisotopic (exact) mass is 520 g/mol. The number of aliphatic hydroxyl groups is 1. The van der Waals surface area contributed by atoms with Crippen LogP contribution in [0, 0.1) is 18.6 Å². The van der Waals surface area contributed by atoms with Gasteiger partial charge in [0.25, 0.3) is 0 Å². The Labute approximate surface area is 208 Å². The Morgan fingerprint density at radius 2 is 1.73 bits per heavy atom. The number of carbonyl (C=O) groups is 1. The van der Waals surface area contributed by atoms with Gasteiger partial charge in [0.1, 0.15) is 28.8 Å². The number of aliphatic carboxylic acids is 1. The molecule has 0 fully saturated rings. The minimum Gasteiger partial charge on any atom is -0.481 e. The quantitative estimate of drug-likeness (QED) is 0.363. The van der Waals surface area contributed by atoms with E-state index in [-0.39, 0.29) is 34.9 Å². The number of halogens is 5. The zero-order valence-electron chi connectivity index (χ0n) is 19.4. The predicted molar refractivity (Wildman–Crippen MR) is 126 cm³/mol. The lowest BCUT2D eigenvalue weighted by Crippen LogP contribution is -2.29. The third kappa shape index (κ3) is 5.72. The fourth-order valence-corrected chi connectivity index (χ4v) is 4.01. The van der Waals surface area contributed by atoms with Crippen LogP contribution < -0.4 is 9.75 Å². The smallest absolute Gasteiger partial charge is 0.431 e. The summed E-state index contributed by atoms with van der Waals surface area (Å²) in [5, 5.41) is 23.0. The molecule has 6 nitrogen and oxygen atoms in total. The summed E-state index contributed by atoms with van der Waals surface area (Å²) in [5.74, 6) is -2.29. The number of carboxylic acids is 1. The number of ether oxygens (including phenoxy) is 1. The van der Waals surface area contributed by atoms with E-state index in [9.17, 15) is 31.9 Å². The SMILES string of the molecule is Cc1cc(-c2cc(CO)ccc2F)c(F)cc1Oc1ccc(N2N=C(C(F)(F)F)CC2CC(=O)O)cc1. The predicted octanol–water partition coefficient (Wildman–Crippen LogP) is 6.20. The van der Waals surface area contributed by atoms with Crippen molar-refractivity contribution in [2.75, 3.05) is 5.01 Å². The van der Waals surface area contributed by atoms with Crippen molar-refractivity contribution in [1.29, 1.82) is 0 Å². The number of hydrogen-bond donors (Lipinski definition) is 2. The molecule has 1 atom stereocenters. The number of carboxylic acid groups (broad SMARTS) is 1. The standard InChI is InChI=1S/C26H21F5N2O4/c1-14-8-19(20-9-15(13-34)2-7-21(20)27)22(28)12-23(14)37-18-5-3-16(4-6-18)33-17(11-25(35)36)10-24(32-33)26(29,30)31/h2-9,12,17,34H,10-11,13H2,1H3,(H,35,36). The van der Waals surface area contributed by atoms with Gasteiger partial charge in [-0.3, -0.25) is 9.80 Å². The Morgan fingerprint density at radius 1 is 1.05 bits per heavy atom. The molecule has 1 heterocycles. The molecule has 1 aliphatic heterocycles. The van der Waals surface area contributed by atoms with E-state index in [4.69, 9.17) is 9.84 Å². The molecule has 3 aromatic carbocycles. The highest BCUT2D eigenvalue weighted by molar-refractivity contribution is 5.94. The number of aryl methyl sites for hydroxylation is 1. The molecule has 37 heavy (non-hydrogen) atoms.